The number of carbonyl (C=O) groups excluding carboxylic acids is 1. The maximum atomic E-state index is 13.2. The van der Waals surface area contributed by atoms with Gasteiger partial charge in [0.15, 0.2) is 0 Å². The van der Waals surface area contributed by atoms with Gasteiger partial charge < -0.3 is 5.32 Å². The average Bonchev–Trinajstić information content (AvgIpc) is 2.68. The Hall–Kier alpha value is -2.31. The lowest BCUT2D eigenvalue weighted by molar-refractivity contribution is 0.101. The molecule has 0 aliphatic heterocycles. The first-order valence-corrected chi connectivity index (χ1v) is 4.52. The van der Waals surface area contributed by atoms with E-state index in [1.807, 2.05) is 0 Å². The number of carbonyl (C=O) groups is 1. The molecule has 2 aromatic rings. The fourth-order valence-corrected chi connectivity index (χ4v) is 1.27. The molecular weight excluding hydrogens is 235 g/mol. The van der Waals surface area contributed by atoms with Crippen LogP contribution in [0.2, 0.25) is 0 Å². The number of nitrogens with zero attached hydrogens (tertiary/aromatic N) is 1. The molecule has 0 atom stereocenters. The van der Waals surface area contributed by atoms with E-state index in [0.29, 0.717) is 12.1 Å². The Morgan fingerprint density at radius 2 is 1.88 bits per heavy atom. The molecule has 0 aliphatic carbocycles. The van der Waals surface area contributed by atoms with Crippen LogP contribution in [-0.4, -0.2) is 16.1 Å². The molecule has 0 fully saturated rings. The number of aromatic amines is 1. The van der Waals surface area contributed by atoms with Crippen LogP contribution in [-0.2, 0) is 0 Å². The Kier molecular flexibility index (Phi) is 2.82. The zero-order valence-corrected chi connectivity index (χ0v) is 8.30. The van der Waals surface area contributed by atoms with Crippen LogP contribution >= 0.6 is 0 Å². The standard InChI is InChI=1S/C10H6F3N3O/c11-5-1-7(12)9(8(13)2-5)10(17)16-6-3-14-15-4-6/h1-4H,(H,14,15)(H,16,17). The highest BCUT2D eigenvalue weighted by Crippen LogP contribution is 2.16. The Labute approximate surface area is 93.5 Å². The lowest BCUT2D eigenvalue weighted by Crippen LogP contribution is -2.15. The van der Waals surface area contributed by atoms with Crippen LogP contribution < -0.4 is 5.32 Å². The molecule has 0 unspecified atom stereocenters. The minimum Gasteiger partial charge on any atom is -0.319 e. The van der Waals surface area contributed by atoms with Crippen molar-refractivity contribution >= 4 is 11.6 Å². The number of amides is 1. The summed E-state index contributed by atoms with van der Waals surface area (Å²) < 4.78 is 39.1. The van der Waals surface area contributed by atoms with Gasteiger partial charge in [-0.2, -0.15) is 5.10 Å². The largest absolute Gasteiger partial charge is 0.319 e. The van der Waals surface area contributed by atoms with Crippen molar-refractivity contribution in [2.45, 2.75) is 0 Å². The molecule has 1 heterocycles. The third kappa shape index (κ3) is 2.27. The molecule has 0 saturated heterocycles. The zero-order valence-electron chi connectivity index (χ0n) is 8.30. The molecule has 0 spiro atoms. The van der Waals surface area contributed by atoms with Crippen molar-refractivity contribution in [1.29, 1.82) is 0 Å². The summed E-state index contributed by atoms with van der Waals surface area (Å²) in [6.45, 7) is 0. The van der Waals surface area contributed by atoms with Gasteiger partial charge >= 0.3 is 0 Å². The summed E-state index contributed by atoms with van der Waals surface area (Å²) in [6.07, 6.45) is 2.59. The maximum Gasteiger partial charge on any atom is 0.261 e. The van der Waals surface area contributed by atoms with E-state index in [9.17, 15) is 18.0 Å². The van der Waals surface area contributed by atoms with E-state index in [4.69, 9.17) is 0 Å². The number of halogens is 3. The summed E-state index contributed by atoms with van der Waals surface area (Å²) in [4.78, 5) is 11.5. The van der Waals surface area contributed by atoms with Crippen molar-refractivity contribution in [3.63, 3.8) is 0 Å². The third-order valence-electron chi connectivity index (χ3n) is 1.99. The number of H-pyrrole nitrogens is 1. The molecule has 2 rings (SSSR count). The van der Waals surface area contributed by atoms with Crippen molar-refractivity contribution in [2.75, 3.05) is 5.32 Å². The first-order valence-electron chi connectivity index (χ1n) is 4.52. The highest BCUT2D eigenvalue weighted by atomic mass is 19.1. The van der Waals surface area contributed by atoms with E-state index in [1.165, 1.54) is 12.4 Å². The normalized spacial score (nSPS) is 10.3. The minimum atomic E-state index is -1.26. The molecule has 0 radical (unpaired) electrons. The molecule has 0 saturated carbocycles. The quantitative estimate of drug-likeness (QED) is 0.845. The predicted molar refractivity (Wildman–Crippen MR) is 52.9 cm³/mol. The van der Waals surface area contributed by atoms with Crippen LogP contribution in [0.25, 0.3) is 0 Å². The van der Waals surface area contributed by atoms with E-state index in [1.54, 1.807) is 0 Å². The summed E-state index contributed by atoms with van der Waals surface area (Å²) >= 11 is 0. The second kappa shape index (κ2) is 4.28. The number of hydrogen-bond acceptors (Lipinski definition) is 2. The first kappa shape index (κ1) is 11.2. The Morgan fingerprint density at radius 1 is 1.24 bits per heavy atom. The fourth-order valence-electron chi connectivity index (χ4n) is 1.27. The molecule has 17 heavy (non-hydrogen) atoms. The molecule has 0 bridgehead atoms. The van der Waals surface area contributed by atoms with Gasteiger partial charge in [-0.1, -0.05) is 0 Å². The highest BCUT2D eigenvalue weighted by molar-refractivity contribution is 6.04. The van der Waals surface area contributed by atoms with Crippen LogP contribution in [0.3, 0.4) is 0 Å². The molecule has 0 aliphatic rings. The van der Waals surface area contributed by atoms with E-state index >= 15 is 0 Å². The van der Waals surface area contributed by atoms with E-state index in [2.05, 4.69) is 15.5 Å². The van der Waals surface area contributed by atoms with Gasteiger partial charge in [-0.25, -0.2) is 13.2 Å². The van der Waals surface area contributed by atoms with Gasteiger partial charge in [-0.05, 0) is 0 Å². The Bertz CT molecular complexity index is 531. The molecule has 4 nitrogen and oxygen atoms in total. The summed E-state index contributed by atoms with van der Waals surface area (Å²) in [5.74, 6) is -4.62. The van der Waals surface area contributed by atoms with Crippen molar-refractivity contribution in [3.8, 4) is 0 Å². The summed E-state index contributed by atoms with van der Waals surface area (Å²) in [5, 5.41) is 8.16. The summed E-state index contributed by atoms with van der Waals surface area (Å²) in [6, 6.07) is 0.876. The van der Waals surface area contributed by atoms with Gasteiger partial charge in [0.05, 0.1) is 11.9 Å². The lowest BCUT2D eigenvalue weighted by atomic mass is 10.1. The van der Waals surface area contributed by atoms with Crippen LogP contribution in [0.1, 0.15) is 10.4 Å². The topological polar surface area (TPSA) is 57.8 Å². The van der Waals surface area contributed by atoms with Gasteiger partial charge in [-0.15, -0.1) is 0 Å². The monoisotopic (exact) mass is 241 g/mol. The smallest absolute Gasteiger partial charge is 0.261 e. The molecular formula is C10H6F3N3O. The Morgan fingerprint density at radius 3 is 2.41 bits per heavy atom. The van der Waals surface area contributed by atoms with Crippen LogP contribution in [0.4, 0.5) is 18.9 Å². The zero-order chi connectivity index (χ0) is 12.4. The van der Waals surface area contributed by atoms with Crippen LogP contribution in [0.15, 0.2) is 24.5 Å². The second-order valence-electron chi connectivity index (χ2n) is 3.19. The van der Waals surface area contributed by atoms with E-state index in [-0.39, 0.29) is 5.69 Å². The minimum absolute atomic E-state index is 0.248. The Balaban J connectivity index is 2.31. The van der Waals surface area contributed by atoms with Gasteiger partial charge in [0.1, 0.15) is 23.0 Å². The number of aromatic nitrogens is 2. The molecule has 1 aromatic carbocycles. The summed E-state index contributed by atoms with van der Waals surface area (Å²) in [5.41, 5.74) is -0.592. The maximum absolute atomic E-state index is 13.2. The van der Waals surface area contributed by atoms with Gasteiger partial charge in [0, 0.05) is 18.3 Å². The van der Waals surface area contributed by atoms with Crippen molar-refractivity contribution in [3.05, 3.63) is 47.5 Å². The third-order valence-corrected chi connectivity index (χ3v) is 1.99. The number of benzene rings is 1. The lowest BCUT2D eigenvalue weighted by Gasteiger charge is -2.05. The molecule has 88 valence electrons. The number of rotatable bonds is 2. The number of hydrogen-bond donors (Lipinski definition) is 2. The first-order chi connectivity index (χ1) is 8.08. The van der Waals surface area contributed by atoms with E-state index < -0.39 is 28.9 Å². The van der Waals surface area contributed by atoms with Crippen molar-refractivity contribution in [1.82, 2.24) is 10.2 Å². The van der Waals surface area contributed by atoms with Crippen molar-refractivity contribution < 1.29 is 18.0 Å². The van der Waals surface area contributed by atoms with Crippen LogP contribution in [0, 0.1) is 17.5 Å². The fraction of sp³-hybridized carbons (Fsp3) is 0. The molecule has 7 heteroatoms. The SMILES string of the molecule is O=C(Nc1cn[nH]c1)c1c(F)cc(F)cc1F. The molecule has 1 aromatic heterocycles. The van der Waals surface area contributed by atoms with Crippen molar-refractivity contribution in [2.24, 2.45) is 0 Å². The number of nitrogens with one attached hydrogen (secondary N) is 2. The second-order valence-corrected chi connectivity index (χ2v) is 3.19. The summed E-state index contributed by atoms with van der Waals surface area (Å²) in [7, 11) is 0. The molecule has 2 N–H and O–H groups in total. The average molecular weight is 241 g/mol. The number of anilines is 1. The predicted octanol–water partition coefficient (Wildman–Crippen LogP) is 2.08. The van der Waals surface area contributed by atoms with Gasteiger partial charge in [-0.3, -0.25) is 9.89 Å². The van der Waals surface area contributed by atoms with E-state index in [0.717, 1.165) is 0 Å². The molecule has 1 amide bonds. The van der Waals surface area contributed by atoms with Crippen LogP contribution in [0.5, 0.6) is 0 Å². The highest BCUT2D eigenvalue weighted by Gasteiger charge is 2.19. The van der Waals surface area contributed by atoms with Gasteiger partial charge in [0.2, 0.25) is 0 Å². The van der Waals surface area contributed by atoms with Gasteiger partial charge in [0.25, 0.3) is 5.91 Å².